The summed E-state index contributed by atoms with van der Waals surface area (Å²) < 4.78 is 0.812. The topological polar surface area (TPSA) is 95.5 Å². The molecule has 0 aliphatic carbocycles. The van der Waals surface area contributed by atoms with Crippen molar-refractivity contribution in [3.8, 4) is 0 Å². The van der Waals surface area contributed by atoms with E-state index < -0.39 is 12.0 Å². The minimum atomic E-state index is -1.00. The predicted molar refractivity (Wildman–Crippen MR) is 94.5 cm³/mol. The minimum absolute atomic E-state index is 0.0565. The van der Waals surface area contributed by atoms with Crippen LogP contribution in [-0.4, -0.2) is 35.5 Å². The molecule has 0 spiro atoms. The average Bonchev–Trinajstić information content (AvgIpc) is 2.51. The highest BCUT2D eigenvalue weighted by Crippen LogP contribution is 2.16. The lowest BCUT2D eigenvalue weighted by Crippen LogP contribution is -2.48. The van der Waals surface area contributed by atoms with Gasteiger partial charge in [-0.3, -0.25) is 14.4 Å². The molecule has 0 radical (unpaired) electrons. The van der Waals surface area contributed by atoms with Gasteiger partial charge in [0.25, 0.3) is 0 Å². The van der Waals surface area contributed by atoms with Crippen molar-refractivity contribution in [3.63, 3.8) is 0 Å². The second kappa shape index (κ2) is 10.1. The number of amides is 2. The highest BCUT2D eigenvalue weighted by Gasteiger charge is 2.22. The summed E-state index contributed by atoms with van der Waals surface area (Å²) in [4.78, 5) is 35.2. The molecule has 1 aromatic carbocycles. The van der Waals surface area contributed by atoms with Gasteiger partial charge in [-0.15, -0.1) is 0 Å². The van der Waals surface area contributed by atoms with Gasteiger partial charge in [-0.05, 0) is 24.0 Å². The largest absolute Gasteiger partial charge is 0.481 e. The predicted octanol–water partition coefficient (Wildman–Crippen LogP) is 2.11. The lowest BCUT2D eigenvalue weighted by atomic mass is 10.1. The number of rotatable bonds is 9. The summed E-state index contributed by atoms with van der Waals surface area (Å²) in [6.45, 7) is 4.39. The van der Waals surface area contributed by atoms with Gasteiger partial charge in [-0.25, -0.2) is 0 Å². The number of hydrogen-bond acceptors (Lipinski definition) is 3. The number of hydrogen-bond donors (Lipinski definition) is 3. The minimum Gasteiger partial charge on any atom is -0.481 e. The number of nitrogens with one attached hydrogen (secondary N) is 2. The first-order chi connectivity index (χ1) is 11.3. The molecule has 0 heterocycles. The van der Waals surface area contributed by atoms with Crippen LogP contribution in [0.3, 0.4) is 0 Å². The summed E-state index contributed by atoms with van der Waals surface area (Å²) in [5, 5.41) is 14.2. The van der Waals surface area contributed by atoms with Gasteiger partial charge < -0.3 is 15.7 Å². The lowest BCUT2D eigenvalue weighted by Gasteiger charge is -2.19. The Kier molecular flexibility index (Phi) is 8.46. The van der Waals surface area contributed by atoms with E-state index in [4.69, 9.17) is 5.11 Å². The van der Waals surface area contributed by atoms with Crippen molar-refractivity contribution >= 4 is 33.7 Å². The SMILES string of the molecule is CC(C)CNC(=O)[C@H](CCC(=O)O)NC(=O)Cc1ccccc1Br. The first-order valence-electron chi connectivity index (χ1n) is 7.82. The van der Waals surface area contributed by atoms with Crippen molar-refractivity contribution in [2.45, 2.75) is 39.2 Å². The molecule has 24 heavy (non-hydrogen) atoms. The molecular formula is C17H23BrN2O4. The van der Waals surface area contributed by atoms with Gasteiger partial charge in [0.15, 0.2) is 0 Å². The Morgan fingerprint density at radius 2 is 1.88 bits per heavy atom. The molecule has 6 nitrogen and oxygen atoms in total. The molecule has 1 rings (SSSR count). The van der Waals surface area contributed by atoms with Crippen LogP contribution >= 0.6 is 15.9 Å². The Balaban J connectivity index is 2.68. The Bertz CT molecular complexity index is 590. The molecule has 1 atom stereocenters. The molecule has 0 aliphatic rings. The lowest BCUT2D eigenvalue weighted by molar-refractivity contribution is -0.138. The highest BCUT2D eigenvalue weighted by atomic mass is 79.9. The summed E-state index contributed by atoms with van der Waals surface area (Å²) in [6.07, 6.45) is -0.0154. The number of carbonyl (C=O) groups excluding carboxylic acids is 2. The fourth-order valence-corrected chi connectivity index (χ4v) is 2.45. The number of aliphatic carboxylic acids is 1. The van der Waals surface area contributed by atoms with Gasteiger partial charge in [0, 0.05) is 17.4 Å². The highest BCUT2D eigenvalue weighted by molar-refractivity contribution is 9.10. The number of benzene rings is 1. The van der Waals surface area contributed by atoms with Gasteiger partial charge in [0.05, 0.1) is 6.42 Å². The molecule has 3 N–H and O–H groups in total. The Labute approximate surface area is 150 Å². The van der Waals surface area contributed by atoms with E-state index in [0.717, 1.165) is 10.0 Å². The van der Waals surface area contributed by atoms with E-state index >= 15 is 0 Å². The molecule has 1 aromatic rings. The van der Waals surface area contributed by atoms with Crippen LogP contribution in [-0.2, 0) is 20.8 Å². The number of carboxylic acids is 1. The third-order valence-corrected chi connectivity index (χ3v) is 4.07. The maximum absolute atomic E-state index is 12.2. The van der Waals surface area contributed by atoms with Crippen molar-refractivity contribution in [1.82, 2.24) is 10.6 Å². The smallest absolute Gasteiger partial charge is 0.303 e. The van der Waals surface area contributed by atoms with Crippen LogP contribution in [0.15, 0.2) is 28.7 Å². The molecule has 0 fully saturated rings. The second-order valence-corrected chi connectivity index (χ2v) is 6.81. The van der Waals surface area contributed by atoms with E-state index in [-0.39, 0.29) is 37.0 Å². The van der Waals surface area contributed by atoms with Crippen LogP contribution in [0.1, 0.15) is 32.3 Å². The average molecular weight is 399 g/mol. The zero-order valence-corrected chi connectivity index (χ0v) is 15.4. The molecule has 0 unspecified atom stereocenters. The Morgan fingerprint density at radius 3 is 2.46 bits per heavy atom. The van der Waals surface area contributed by atoms with Crippen LogP contribution < -0.4 is 10.6 Å². The fraction of sp³-hybridized carbons (Fsp3) is 0.471. The van der Waals surface area contributed by atoms with Crippen molar-refractivity contribution in [2.75, 3.05) is 6.54 Å². The van der Waals surface area contributed by atoms with Crippen molar-refractivity contribution in [1.29, 1.82) is 0 Å². The molecule has 0 aliphatic heterocycles. The Hall–Kier alpha value is -1.89. The summed E-state index contributed by atoms with van der Waals surface area (Å²) in [7, 11) is 0. The maximum atomic E-state index is 12.2. The molecule has 0 bridgehead atoms. The molecule has 0 aromatic heterocycles. The van der Waals surface area contributed by atoms with E-state index in [1.165, 1.54) is 0 Å². The van der Waals surface area contributed by atoms with E-state index in [2.05, 4.69) is 26.6 Å². The van der Waals surface area contributed by atoms with Crippen LogP contribution in [0, 0.1) is 5.92 Å². The zero-order valence-electron chi connectivity index (χ0n) is 13.8. The van der Waals surface area contributed by atoms with Gasteiger partial charge in [0.2, 0.25) is 11.8 Å². The second-order valence-electron chi connectivity index (χ2n) is 5.96. The number of halogens is 1. The van der Waals surface area contributed by atoms with Crippen LogP contribution in [0.4, 0.5) is 0 Å². The van der Waals surface area contributed by atoms with Gasteiger partial charge in [-0.1, -0.05) is 48.0 Å². The quantitative estimate of drug-likeness (QED) is 0.593. The normalized spacial score (nSPS) is 11.8. The van der Waals surface area contributed by atoms with Crippen molar-refractivity contribution in [3.05, 3.63) is 34.3 Å². The van der Waals surface area contributed by atoms with Crippen LogP contribution in [0.5, 0.6) is 0 Å². The van der Waals surface area contributed by atoms with Gasteiger partial charge in [-0.2, -0.15) is 0 Å². The first-order valence-corrected chi connectivity index (χ1v) is 8.61. The molecule has 132 valence electrons. The van der Waals surface area contributed by atoms with Gasteiger partial charge >= 0.3 is 5.97 Å². The first kappa shape index (κ1) is 20.2. The summed E-state index contributed by atoms with van der Waals surface area (Å²) in [5.41, 5.74) is 0.801. The summed E-state index contributed by atoms with van der Waals surface area (Å²) in [6, 6.07) is 6.47. The number of carbonyl (C=O) groups is 3. The molecule has 0 saturated heterocycles. The maximum Gasteiger partial charge on any atom is 0.303 e. The third kappa shape index (κ3) is 7.59. The molecule has 0 saturated carbocycles. The summed E-state index contributed by atoms with van der Waals surface area (Å²) >= 11 is 3.37. The zero-order chi connectivity index (χ0) is 18.1. The van der Waals surface area contributed by atoms with Crippen molar-refractivity contribution in [2.24, 2.45) is 5.92 Å². The third-order valence-electron chi connectivity index (χ3n) is 3.29. The fourth-order valence-electron chi connectivity index (χ4n) is 2.02. The molecule has 2 amide bonds. The van der Waals surface area contributed by atoms with Crippen LogP contribution in [0.25, 0.3) is 0 Å². The summed E-state index contributed by atoms with van der Waals surface area (Å²) in [5.74, 6) is -1.41. The van der Waals surface area contributed by atoms with Crippen molar-refractivity contribution < 1.29 is 19.5 Å². The number of carboxylic acid groups (broad SMARTS) is 1. The molecular weight excluding hydrogens is 376 g/mol. The standard InChI is InChI=1S/C17H23BrN2O4/c1-11(2)10-19-17(24)14(7-8-16(22)23)20-15(21)9-12-5-3-4-6-13(12)18/h3-6,11,14H,7-10H2,1-2H3,(H,19,24)(H,20,21)(H,22,23)/t14-/m0/s1. The molecule has 7 heteroatoms. The van der Waals surface area contributed by atoms with Crippen LogP contribution in [0.2, 0.25) is 0 Å². The Morgan fingerprint density at radius 1 is 1.21 bits per heavy atom. The van der Waals surface area contributed by atoms with E-state index in [0.29, 0.717) is 6.54 Å². The monoisotopic (exact) mass is 398 g/mol. The van der Waals surface area contributed by atoms with Gasteiger partial charge in [0.1, 0.15) is 6.04 Å². The van der Waals surface area contributed by atoms with E-state index in [1.807, 2.05) is 38.1 Å². The van der Waals surface area contributed by atoms with E-state index in [1.54, 1.807) is 0 Å². The van der Waals surface area contributed by atoms with E-state index in [9.17, 15) is 14.4 Å².